The minimum absolute atomic E-state index is 0.566. The quantitative estimate of drug-likeness (QED) is 0.607. The zero-order valence-electron chi connectivity index (χ0n) is 14.8. The van der Waals surface area contributed by atoms with Gasteiger partial charge >= 0.3 is 0 Å². The van der Waals surface area contributed by atoms with Crippen molar-refractivity contribution in [1.29, 1.82) is 0 Å². The highest BCUT2D eigenvalue weighted by Gasteiger charge is 2.15. The van der Waals surface area contributed by atoms with Gasteiger partial charge in [-0.05, 0) is 5.92 Å². The molecular formula is C16H30N6O. The number of morpholine rings is 1. The van der Waals surface area contributed by atoms with Crippen LogP contribution in [0.1, 0.15) is 12.5 Å². The lowest BCUT2D eigenvalue weighted by molar-refractivity contribution is 0.0320. The van der Waals surface area contributed by atoms with Crippen LogP contribution in [0.5, 0.6) is 0 Å². The van der Waals surface area contributed by atoms with Crippen molar-refractivity contribution in [3.8, 4) is 0 Å². The predicted molar refractivity (Wildman–Crippen MR) is 92.5 cm³/mol. The Bertz CT molecular complexity index is 495. The number of hydrogen-bond acceptors (Lipinski definition) is 4. The van der Waals surface area contributed by atoms with E-state index in [0.717, 1.165) is 51.9 Å². The molecule has 1 fully saturated rings. The van der Waals surface area contributed by atoms with E-state index in [0.29, 0.717) is 5.92 Å². The summed E-state index contributed by atoms with van der Waals surface area (Å²) in [5, 5.41) is 7.68. The van der Waals surface area contributed by atoms with Gasteiger partial charge in [-0.3, -0.25) is 14.6 Å². The van der Waals surface area contributed by atoms with E-state index < -0.39 is 0 Å². The summed E-state index contributed by atoms with van der Waals surface area (Å²) in [5.41, 5.74) is 1.18. The number of aryl methyl sites for hydroxylation is 1. The number of rotatable bonds is 6. The van der Waals surface area contributed by atoms with Crippen molar-refractivity contribution in [2.75, 3.05) is 53.5 Å². The zero-order valence-corrected chi connectivity index (χ0v) is 14.8. The van der Waals surface area contributed by atoms with Crippen molar-refractivity contribution in [2.24, 2.45) is 18.0 Å². The molecule has 7 heteroatoms. The molecule has 1 aliphatic rings. The van der Waals surface area contributed by atoms with Crippen LogP contribution in [-0.4, -0.2) is 79.0 Å². The molecule has 0 spiro atoms. The monoisotopic (exact) mass is 322 g/mol. The van der Waals surface area contributed by atoms with E-state index in [1.54, 1.807) is 0 Å². The van der Waals surface area contributed by atoms with E-state index in [1.807, 2.05) is 31.2 Å². The summed E-state index contributed by atoms with van der Waals surface area (Å²) in [7, 11) is 5.81. The van der Waals surface area contributed by atoms with E-state index in [1.165, 1.54) is 5.56 Å². The molecule has 0 aliphatic carbocycles. The Kier molecular flexibility index (Phi) is 6.85. The van der Waals surface area contributed by atoms with Crippen molar-refractivity contribution >= 4 is 5.96 Å². The van der Waals surface area contributed by atoms with Crippen molar-refractivity contribution in [3.05, 3.63) is 18.0 Å². The van der Waals surface area contributed by atoms with Crippen LogP contribution in [0.3, 0.4) is 0 Å². The third-order valence-electron chi connectivity index (χ3n) is 4.03. The number of guanidine groups is 1. The summed E-state index contributed by atoms with van der Waals surface area (Å²) >= 11 is 0. The Morgan fingerprint density at radius 1 is 1.48 bits per heavy atom. The molecule has 2 rings (SSSR count). The lowest BCUT2D eigenvalue weighted by Crippen LogP contribution is -2.44. The van der Waals surface area contributed by atoms with Crippen molar-refractivity contribution in [3.63, 3.8) is 0 Å². The summed E-state index contributed by atoms with van der Waals surface area (Å²) in [4.78, 5) is 8.97. The van der Waals surface area contributed by atoms with Gasteiger partial charge in [0, 0.05) is 65.6 Å². The minimum atomic E-state index is 0.566. The fourth-order valence-electron chi connectivity index (χ4n) is 2.84. The van der Waals surface area contributed by atoms with Gasteiger partial charge in [0.25, 0.3) is 0 Å². The average molecular weight is 322 g/mol. The Hall–Kier alpha value is -1.60. The predicted octanol–water partition coefficient (Wildman–Crippen LogP) is 0.396. The summed E-state index contributed by atoms with van der Waals surface area (Å²) in [6.45, 7) is 8.88. The molecule has 130 valence electrons. The molecule has 1 saturated heterocycles. The molecular weight excluding hydrogens is 292 g/mol. The highest BCUT2D eigenvalue weighted by atomic mass is 16.5. The Morgan fingerprint density at radius 2 is 2.22 bits per heavy atom. The van der Waals surface area contributed by atoms with Crippen LogP contribution in [-0.2, 0) is 18.3 Å². The molecule has 0 saturated carbocycles. The standard InChI is InChI=1S/C16H30N6O/c1-14(11-22-5-7-23-8-6-22)9-18-16(17-2)20(3)12-15-10-19-21(4)13-15/h10,13-14H,5-9,11-12H2,1-4H3,(H,17,18). The van der Waals surface area contributed by atoms with Crippen LogP contribution in [0.4, 0.5) is 0 Å². The molecule has 1 atom stereocenters. The van der Waals surface area contributed by atoms with Crippen LogP contribution in [0.15, 0.2) is 17.4 Å². The maximum Gasteiger partial charge on any atom is 0.193 e. The Labute approximate surface area is 139 Å². The smallest absolute Gasteiger partial charge is 0.193 e. The van der Waals surface area contributed by atoms with E-state index in [2.05, 4.69) is 39.2 Å². The van der Waals surface area contributed by atoms with Gasteiger partial charge < -0.3 is 15.0 Å². The zero-order chi connectivity index (χ0) is 16.7. The van der Waals surface area contributed by atoms with Crippen LogP contribution < -0.4 is 5.32 Å². The molecule has 7 nitrogen and oxygen atoms in total. The van der Waals surface area contributed by atoms with Gasteiger partial charge in [0.05, 0.1) is 19.4 Å². The molecule has 0 aromatic carbocycles. The van der Waals surface area contributed by atoms with Gasteiger partial charge in [-0.2, -0.15) is 5.10 Å². The maximum absolute atomic E-state index is 5.40. The highest BCUT2D eigenvalue weighted by Crippen LogP contribution is 2.04. The molecule has 1 aromatic heterocycles. The molecule has 1 aromatic rings. The van der Waals surface area contributed by atoms with Crippen LogP contribution in [0.2, 0.25) is 0 Å². The second-order valence-corrected chi connectivity index (χ2v) is 6.32. The van der Waals surface area contributed by atoms with E-state index in [4.69, 9.17) is 4.74 Å². The van der Waals surface area contributed by atoms with Crippen LogP contribution in [0, 0.1) is 5.92 Å². The first-order valence-electron chi connectivity index (χ1n) is 8.28. The van der Waals surface area contributed by atoms with Gasteiger partial charge in [-0.15, -0.1) is 0 Å². The van der Waals surface area contributed by atoms with Gasteiger partial charge in [-0.1, -0.05) is 6.92 Å². The molecule has 0 radical (unpaired) electrons. The number of nitrogens with zero attached hydrogens (tertiary/aromatic N) is 5. The first-order valence-corrected chi connectivity index (χ1v) is 8.28. The van der Waals surface area contributed by atoms with Crippen molar-refractivity contribution in [2.45, 2.75) is 13.5 Å². The fraction of sp³-hybridized carbons (Fsp3) is 0.750. The van der Waals surface area contributed by atoms with Crippen molar-refractivity contribution in [1.82, 2.24) is 24.9 Å². The molecule has 1 aliphatic heterocycles. The Balaban J connectivity index is 1.75. The molecule has 23 heavy (non-hydrogen) atoms. The first-order chi connectivity index (χ1) is 11.1. The second-order valence-electron chi connectivity index (χ2n) is 6.32. The fourth-order valence-corrected chi connectivity index (χ4v) is 2.84. The number of aromatic nitrogens is 2. The summed E-state index contributed by atoms with van der Waals surface area (Å²) in [5.74, 6) is 1.49. The van der Waals surface area contributed by atoms with Crippen molar-refractivity contribution < 1.29 is 4.74 Å². The van der Waals surface area contributed by atoms with Gasteiger partial charge in [0.2, 0.25) is 0 Å². The van der Waals surface area contributed by atoms with Gasteiger partial charge in [0.15, 0.2) is 5.96 Å². The van der Waals surface area contributed by atoms with Gasteiger partial charge in [0.1, 0.15) is 0 Å². The summed E-state index contributed by atoms with van der Waals surface area (Å²) in [6.07, 6.45) is 3.93. The van der Waals surface area contributed by atoms with E-state index in [9.17, 15) is 0 Å². The number of nitrogens with one attached hydrogen (secondary N) is 1. The normalized spacial score (nSPS) is 18.0. The molecule has 1 N–H and O–H groups in total. The second kappa shape index (κ2) is 8.88. The largest absolute Gasteiger partial charge is 0.379 e. The van der Waals surface area contributed by atoms with E-state index >= 15 is 0 Å². The third kappa shape index (κ3) is 5.84. The number of hydrogen-bond donors (Lipinski definition) is 1. The van der Waals surface area contributed by atoms with E-state index in [-0.39, 0.29) is 0 Å². The lowest BCUT2D eigenvalue weighted by Gasteiger charge is -2.30. The van der Waals surface area contributed by atoms with Gasteiger partial charge in [-0.25, -0.2) is 0 Å². The van der Waals surface area contributed by atoms with Crippen LogP contribution in [0.25, 0.3) is 0 Å². The summed E-state index contributed by atoms with van der Waals surface area (Å²) < 4.78 is 7.22. The highest BCUT2D eigenvalue weighted by molar-refractivity contribution is 5.79. The topological polar surface area (TPSA) is 57.9 Å². The third-order valence-corrected chi connectivity index (χ3v) is 4.03. The first kappa shape index (κ1) is 17.7. The summed E-state index contributed by atoms with van der Waals surface area (Å²) in [6, 6.07) is 0. The maximum atomic E-state index is 5.40. The minimum Gasteiger partial charge on any atom is -0.379 e. The molecule has 2 heterocycles. The number of ether oxygens (including phenoxy) is 1. The van der Waals surface area contributed by atoms with Crippen LogP contribution >= 0.6 is 0 Å². The SMILES string of the molecule is CN=C(NCC(C)CN1CCOCC1)N(C)Cc1cnn(C)c1. The lowest BCUT2D eigenvalue weighted by atomic mass is 10.1. The number of aliphatic imine (C=N–C) groups is 1. The average Bonchev–Trinajstić information content (AvgIpc) is 2.94. The molecule has 0 amide bonds. The molecule has 1 unspecified atom stereocenters. The Morgan fingerprint density at radius 3 is 2.83 bits per heavy atom. The molecule has 0 bridgehead atoms.